The van der Waals surface area contributed by atoms with Crippen molar-refractivity contribution in [2.45, 2.75) is 26.2 Å². The summed E-state index contributed by atoms with van der Waals surface area (Å²) in [6.45, 7) is 6.39. The molecule has 0 aromatic heterocycles. The molecule has 3 rings (SSSR count). The fourth-order valence-corrected chi connectivity index (χ4v) is 2.87. The third-order valence-corrected chi connectivity index (χ3v) is 4.59. The number of rotatable bonds is 4. The molecule has 0 N–H and O–H groups in total. The average Bonchev–Trinajstić information content (AvgIpc) is 2.73. The Hall–Kier alpha value is -3.64. The molecule has 0 bridgehead atoms. The lowest BCUT2D eigenvalue weighted by Gasteiger charge is -2.18. The summed E-state index contributed by atoms with van der Waals surface area (Å²) in [7, 11) is 0. The zero-order valence-electron chi connectivity index (χ0n) is 16.8. The topological polar surface area (TPSA) is 50.1 Å². The van der Waals surface area contributed by atoms with Gasteiger partial charge < -0.3 is 4.74 Å². The summed E-state index contributed by atoms with van der Waals surface area (Å²) in [5, 5.41) is 9.42. The maximum absolute atomic E-state index is 12.4. The lowest BCUT2D eigenvalue weighted by atomic mass is 9.87. The van der Waals surface area contributed by atoms with Crippen molar-refractivity contribution in [2.75, 3.05) is 0 Å². The van der Waals surface area contributed by atoms with E-state index in [0.717, 1.165) is 16.7 Å². The SMILES string of the molecule is CC(C)(C)c1ccc(C(=O)Oc2ccc(/C=C(/C#N)c3ccccc3)cc2)cc1. The van der Waals surface area contributed by atoms with E-state index in [0.29, 0.717) is 16.9 Å². The molecule has 0 aliphatic carbocycles. The van der Waals surface area contributed by atoms with Crippen molar-refractivity contribution >= 4 is 17.6 Å². The lowest BCUT2D eigenvalue weighted by Crippen LogP contribution is -2.12. The summed E-state index contributed by atoms with van der Waals surface area (Å²) >= 11 is 0. The van der Waals surface area contributed by atoms with Crippen LogP contribution in [-0.4, -0.2) is 5.97 Å². The molecule has 3 heteroatoms. The number of carbonyl (C=O) groups excluding carboxylic acids is 1. The number of hydrogen-bond acceptors (Lipinski definition) is 3. The molecule has 0 atom stereocenters. The molecular weight excluding hydrogens is 358 g/mol. The van der Waals surface area contributed by atoms with Crippen LogP contribution in [0.15, 0.2) is 78.9 Å². The Balaban J connectivity index is 1.71. The number of benzene rings is 3. The highest BCUT2D eigenvalue weighted by Gasteiger charge is 2.15. The first-order valence-corrected chi connectivity index (χ1v) is 9.47. The van der Waals surface area contributed by atoms with Crippen LogP contribution in [0.5, 0.6) is 5.75 Å². The predicted octanol–water partition coefficient (Wildman–Crippen LogP) is 6.27. The minimum atomic E-state index is -0.393. The molecule has 0 amide bonds. The number of esters is 1. The molecule has 0 aliphatic heterocycles. The van der Waals surface area contributed by atoms with Crippen molar-refractivity contribution in [1.82, 2.24) is 0 Å². The fourth-order valence-electron chi connectivity index (χ4n) is 2.87. The van der Waals surface area contributed by atoms with E-state index >= 15 is 0 Å². The van der Waals surface area contributed by atoms with Crippen molar-refractivity contribution < 1.29 is 9.53 Å². The largest absolute Gasteiger partial charge is 0.423 e. The van der Waals surface area contributed by atoms with Crippen molar-refractivity contribution in [3.63, 3.8) is 0 Å². The monoisotopic (exact) mass is 381 g/mol. The first kappa shape index (κ1) is 20.1. The molecule has 0 unspecified atom stereocenters. The van der Waals surface area contributed by atoms with Gasteiger partial charge in [0.1, 0.15) is 5.75 Å². The fraction of sp³-hybridized carbons (Fsp3) is 0.154. The minimum absolute atomic E-state index is 0.0355. The van der Waals surface area contributed by atoms with Crippen molar-refractivity contribution in [3.05, 3.63) is 101 Å². The summed E-state index contributed by atoms with van der Waals surface area (Å²) in [6, 6.07) is 26.3. The molecule has 0 heterocycles. The van der Waals surface area contributed by atoms with Gasteiger partial charge in [0.2, 0.25) is 0 Å². The van der Waals surface area contributed by atoms with Gasteiger partial charge in [-0.15, -0.1) is 0 Å². The Bertz CT molecular complexity index is 1050. The zero-order chi connectivity index (χ0) is 20.9. The van der Waals surface area contributed by atoms with E-state index in [9.17, 15) is 10.1 Å². The molecule has 3 aromatic carbocycles. The van der Waals surface area contributed by atoms with Crippen LogP contribution < -0.4 is 4.74 Å². The quantitative estimate of drug-likeness (QED) is 0.232. The van der Waals surface area contributed by atoms with E-state index in [-0.39, 0.29) is 5.41 Å². The Kier molecular flexibility index (Phi) is 5.95. The first-order valence-electron chi connectivity index (χ1n) is 9.47. The number of hydrogen-bond donors (Lipinski definition) is 0. The number of allylic oxidation sites excluding steroid dienone is 1. The molecule has 29 heavy (non-hydrogen) atoms. The van der Waals surface area contributed by atoms with E-state index in [1.807, 2.05) is 60.7 Å². The maximum Gasteiger partial charge on any atom is 0.343 e. The van der Waals surface area contributed by atoms with E-state index in [2.05, 4.69) is 26.8 Å². The van der Waals surface area contributed by atoms with Crippen molar-refractivity contribution in [3.8, 4) is 11.8 Å². The minimum Gasteiger partial charge on any atom is -0.423 e. The van der Waals surface area contributed by atoms with E-state index in [1.54, 1.807) is 24.3 Å². The summed E-state index contributed by atoms with van der Waals surface area (Å²) in [6.07, 6.45) is 1.81. The highest BCUT2D eigenvalue weighted by molar-refractivity contribution is 5.91. The van der Waals surface area contributed by atoms with Crippen LogP contribution in [0.2, 0.25) is 0 Å². The van der Waals surface area contributed by atoms with Gasteiger partial charge in [-0.3, -0.25) is 0 Å². The molecule has 3 aromatic rings. The van der Waals surface area contributed by atoms with Crippen molar-refractivity contribution in [1.29, 1.82) is 5.26 Å². The Morgan fingerprint density at radius 3 is 2.03 bits per heavy atom. The van der Waals surface area contributed by atoms with Crippen LogP contribution in [0.25, 0.3) is 11.6 Å². The second-order valence-corrected chi connectivity index (χ2v) is 7.82. The molecular formula is C26H23NO2. The standard InChI is InChI=1S/C26H23NO2/c1-26(2,3)23-13-11-21(12-14-23)25(28)29-24-15-9-19(10-16-24)17-22(18-27)20-7-5-4-6-8-20/h4-17H,1-3H3/b22-17-. The summed E-state index contributed by atoms with van der Waals surface area (Å²) in [5.41, 5.74) is 4.02. The van der Waals surface area contributed by atoms with Gasteiger partial charge >= 0.3 is 5.97 Å². The highest BCUT2D eigenvalue weighted by Crippen LogP contribution is 2.23. The number of carbonyl (C=O) groups is 1. The summed E-state index contributed by atoms with van der Waals surface area (Å²) in [5.74, 6) is 0.0704. The normalized spacial score (nSPS) is 11.6. The van der Waals surface area contributed by atoms with Gasteiger partial charge in [-0.05, 0) is 52.4 Å². The van der Waals surface area contributed by atoms with Gasteiger partial charge in [0.05, 0.1) is 17.2 Å². The van der Waals surface area contributed by atoms with Crippen LogP contribution in [0.3, 0.4) is 0 Å². The number of ether oxygens (including phenoxy) is 1. The molecule has 0 spiro atoms. The van der Waals surface area contributed by atoms with E-state index in [1.165, 1.54) is 0 Å². The molecule has 0 aliphatic rings. The highest BCUT2D eigenvalue weighted by atomic mass is 16.5. The van der Waals surface area contributed by atoms with Crippen molar-refractivity contribution in [2.24, 2.45) is 0 Å². The zero-order valence-corrected chi connectivity index (χ0v) is 16.8. The van der Waals surface area contributed by atoms with E-state index < -0.39 is 5.97 Å². The second-order valence-electron chi connectivity index (χ2n) is 7.82. The average molecular weight is 381 g/mol. The van der Waals surface area contributed by atoms with Gasteiger partial charge in [-0.25, -0.2) is 4.79 Å². The molecule has 3 nitrogen and oxygen atoms in total. The van der Waals surface area contributed by atoms with Crippen LogP contribution in [0.4, 0.5) is 0 Å². The summed E-state index contributed by atoms with van der Waals surface area (Å²) in [4.78, 5) is 12.4. The molecule has 0 fully saturated rings. The van der Waals surface area contributed by atoms with Gasteiger partial charge in [-0.2, -0.15) is 5.26 Å². The van der Waals surface area contributed by atoms with Gasteiger partial charge in [-0.1, -0.05) is 75.4 Å². The number of nitrogens with zero attached hydrogens (tertiary/aromatic N) is 1. The van der Waals surface area contributed by atoms with Gasteiger partial charge in [0, 0.05) is 0 Å². The number of nitriles is 1. The first-order chi connectivity index (χ1) is 13.9. The Morgan fingerprint density at radius 1 is 0.862 bits per heavy atom. The molecule has 0 saturated carbocycles. The molecule has 144 valence electrons. The smallest absolute Gasteiger partial charge is 0.343 e. The second kappa shape index (κ2) is 8.58. The van der Waals surface area contributed by atoms with Crippen LogP contribution >= 0.6 is 0 Å². The van der Waals surface area contributed by atoms with Crippen LogP contribution in [-0.2, 0) is 5.41 Å². The predicted molar refractivity (Wildman–Crippen MR) is 116 cm³/mol. The Morgan fingerprint density at radius 2 is 1.48 bits per heavy atom. The molecule has 0 saturated heterocycles. The molecule has 0 radical (unpaired) electrons. The van der Waals surface area contributed by atoms with Crippen LogP contribution in [0, 0.1) is 11.3 Å². The maximum atomic E-state index is 12.4. The third kappa shape index (κ3) is 5.21. The van der Waals surface area contributed by atoms with Gasteiger partial charge in [0.15, 0.2) is 0 Å². The third-order valence-electron chi connectivity index (χ3n) is 4.59. The van der Waals surface area contributed by atoms with E-state index in [4.69, 9.17) is 4.74 Å². The van der Waals surface area contributed by atoms with Gasteiger partial charge in [0.25, 0.3) is 0 Å². The van der Waals surface area contributed by atoms with Crippen LogP contribution in [0.1, 0.15) is 47.8 Å². The summed E-state index contributed by atoms with van der Waals surface area (Å²) < 4.78 is 5.47. The lowest BCUT2D eigenvalue weighted by molar-refractivity contribution is 0.0734. The Labute approximate surface area is 171 Å².